The Kier molecular flexibility index (Phi) is 8.01. The molecular formula is C18H10N2O6PdS4-2. The summed E-state index contributed by atoms with van der Waals surface area (Å²) in [5.41, 5.74) is 0.730. The van der Waals surface area contributed by atoms with Crippen molar-refractivity contribution in [1.29, 1.82) is 0 Å². The van der Waals surface area contributed by atoms with E-state index in [0.717, 1.165) is 0 Å². The van der Waals surface area contributed by atoms with Gasteiger partial charge in [-0.3, -0.25) is 9.97 Å². The van der Waals surface area contributed by atoms with Crippen LogP contribution in [0.2, 0.25) is 0 Å². The van der Waals surface area contributed by atoms with E-state index >= 15 is 0 Å². The third-order valence-electron chi connectivity index (χ3n) is 3.92. The van der Waals surface area contributed by atoms with Gasteiger partial charge in [-0.25, -0.2) is 16.8 Å². The Morgan fingerprint density at radius 1 is 0.645 bits per heavy atom. The first-order valence-corrected chi connectivity index (χ1v) is 11.6. The predicted molar refractivity (Wildman–Crippen MR) is 111 cm³/mol. The maximum absolute atomic E-state index is 10.9. The van der Waals surface area contributed by atoms with E-state index in [-0.39, 0.29) is 41.0 Å². The van der Waals surface area contributed by atoms with Crippen molar-refractivity contribution in [2.24, 2.45) is 0 Å². The summed E-state index contributed by atoms with van der Waals surface area (Å²) in [6, 6.07) is 11.4. The van der Waals surface area contributed by atoms with Crippen LogP contribution in [-0.4, -0.2) is 35.9 Å². The Morgan fingerprint density at radius 3 is 1.32 bits per heavy atom. The second-order valence-electron chi connectivity index (χ2n) is 5.83. The summed E-state index contributed by atoms with van der Waals surface area (Å²) < 4.78 is 65.6. The summed E-state index contributed by atoms with van der Waals surface area (Å²) >= 11 is 9.95. The van der Waals surface area contributed by atoms with Gasteiger partial charge < -0.3 is 34.4 Å². The van der Waals surface area contributed by atoms with Gasteiger partial charge in [0.2, 0.25) is 0 Å². The maximum atomic E-state index is 10.9. The molecule has 0 N–H and O–H groups in total. The Balaban J connectivity index is 0.000000213. The molecule has 0 amide bonds. The van der Waals surface area contributed by atoms with Gasteiger partial charge in [0.25, 0.3) is 0 Å². The van der Waals surface area contributed by atoms with Crippen LogP contribution in [0.25, 0.3) is 21.8 Å². The predicted octanol–water partition coefficient (Wildman–Crippen LogP) is 2.09. The summed E-state index contributed by atoms with van der Waals surface area (Å²) in [7, 11) is -8.96. The Morgan fingerprint density at radius 2 is 1.00 bits per heavy atom. The Bertz CT molecular complexity index is 1360. The van der Waals surface area contributed by atoms with Crippen molar-refractivity contribution in [3.63, 3.8) is 0 Å². The molecule has 0 saturated carbocycles. The fraction of sp³-hybridized carbons (Fsp3) is 0. The molecule has 0 spiro atoms. The third-order valence-corrected chi connectivity index (χ3v) is 6.37. The number of nitrogens with zero attached hydrogens (tertiary/aromatic N) is 2. The number of fused-ring (bicyclic) bond motifs is 2. The molecule has 2 aromatic heterocycles. The SMILES string of the molecule is O=S(=O)([O-])c1ccc([S-])c2ncccc12.O=S(=O)([O-])c1ccc([S-])c2ncccc12.[Pd+2]. The van der Waals surface area contributed by atoms with E-state index in [2.05, 4.69) is 9.97 Å². The van der Waals surface area contributed by atoms with Crippen molar-refractivity contribution in [1.82, 2.24) is 9.97 Å². The van der Waals surface area contributed by atoms with Crippen LogP contribution in [0.1, 0.15) is 0 Å². The van der Waals surface area contributed by atoms with Crippen LogP contribution in [0.15, 0.2) is 80.5 Å². The smallest absolute Gasteiger partial charge is 0.778 e. The van der Waals surface area contributed by atoms with E-state index in [0.29, 0.717) is 20.8 Å². The Hall–Kier alpha value is -1.82. The van der Waals surface area contributed by atoms with Crippen molar-refractivity contribution >= 4 is 67.3 Å². The monoisotopic (exact) mass is 584 g/mol. The number of rotatable bonds is 2. The van der Waals surface area contributed by atoms with Crippen molar-refractivity contribution in [3.8, 4) is 0 Å². The van der Waals surface area contributed by atoms with Gasteiger partial charge in [-0.05, 0) is 24.3 Å². The molecule has 2 heterocycles. The summed E-state index contributed by atoms with van der Waals surface area (Å²) in [5.74, 6) is 0. The van der Waals surface area contributed by atoms with Crippen LogP contribution in [0.4, 0.5) is 0 Å². The van der Waals surface area contributed by atoms with E-state index in [1.165, 1.54) is 48.8 Å². The molecule has 4 aromatic rings. The van der Waals surface area contributed by atoms with Crippen molar-refractivity contribution < 1.29 is 46.4 Å². The fourth-order valence-corrected chi connectivity index (χ4v) is 4.48. The van der Waals surface area contributed by atoms with Gasteiger partial charge in [-0.15, -0.1) is 9.79 Å². The molecule has 0 fully saturated rings. The van der Waals surface area contributed by atoms with Gasteiger partial charge in [-0.1, -0.05) is 24.3 Å². The second-order valence-corrected chi connectivity index (χ2v) is 9.41. The first-order chi connectivity index (χ1) is 14.0. The minimum absolute atomic E-state index is 0. The van der Waals surface area contributed by atoms with Crippen LogP contribution in [0.3, 0.4) is 0 Å². The molecule has 2 aromatic carbocycles. The Labute approximate surface area is 203 Å². The fourth-order valence-electron chi connectivity index (χ4n) is 2.68. The van der Waals surface area contributed by atoms with Gasteiger partial charge in [-0.2, -0.15) is 0 Å². The summed E-state index contributed by atoms with van der Waals surface area (Å²) in [5, 5.41) is 0.556. The molecule has 0 bridgehead atoms. The molecule has 4 rings (SSSR count). The van der Waals surface area contributed by atoms with Crippen LogP contribution in [0, 0.1) is 0 Å². The number of pyridine rings is 2. The molecule has 0 radical (unpaired) electrons. The molecule has 164 valence electrons. The van der Waals surface area contributed by atoms with Crippen molar-refractivity contribution in [3.05, 3.63) is 60.9 Å². The zero-order chi connectivity index (χ0) is 22.1. The second kappa shape index (κ2) is 9.76. The van der Waals surface area contributed by atoms with E-state index in [1.54, 1.807) is 12.1 Å². The van der Waals surface area contributed by atoms with Crippen LogP contribution in [0.5, 0.6) is 0 Å². The molecule has 31 heavy (non-hydrogen) atoms. The largest absolute Gasteiger partial charge is 2.00 e. The molecule has 0 aliphatic carbocycles. The number of hydrogen-bond donors (Lipinski definition) is 0. The molecule has 0 atom stereocenters. The zero-order valence-corrected chi connectivity index (χ0v) is 19.9. The van der Waals surface area contributed by atoms with Gasteiger partial charge in [0.05, 0.1) is 20.8 Å². The molecule has 0 aliphatic heterocycles. The molecule has 8 nitrogen and oxygen atoms in total. The average molecular weight is 585 g/mol. The van der Waals surface area contributed by atoms with Crippen LogP contribution >= 0.6 is 0 Å². The molecule has 0 aliphatic rings. The quantitative estimate of drug-likeness (QED) is 0.195. The summed E-state index contributed by atoms with van der Waals surface area (Å²) in [6.45, 7) is 0. The van der Waals surface area contributed by atoms with E-state index < -0.39 is 20.2 Å². The molecule has 0 unspecified atom stereocenters. The van der Waals surface area contributed by atoms with Crippen LogP contribution in [-0.2, 0) is 65.9 Å². The standard InChI is InChI=1S/2C9H7NO3S2.Pd/c2*11-15(12,13)8-4-3-7(14)9-6(8)2-1-5-10-9;/h2*1-5,14H,(H,11,12,13);/q;;+2/p-4. The first-order valence-electron chi connectivity index (χ1n) is 8.01. The minimum atomic E-state index is -4.48. The first kappa shape index (κ1) is 25.4. The third kappa shape index (κ3) is 5.71. The van der Waals surface area contributed by atoms with E-state index in [4.69, 9.17) is 25.3 Å². The summed E-state index contributed by atoms with van der Waals surface area (Å²) in [4.78, 5) is 8.20. The topological polar surface area (TPSA) is 140 Å². The average Bonchev–Trinajstić information content (AvgIpc) is 2.67. The molecular weight excluding hydrogens is 575 g/mol. The molecule has 0 saturated heterocycles. The van der Waals surface area contributed by atoms with Gasteiger partial charge >= 0.3 is 20.4 Å². The van der Waals surface area contributed by atoms with Crippen LogP contribution < -0.4 is 0 Å². The zero-order valence-electron chi connectivity index (χ0n) is 15.1. The van der Waals surface area contributed by atoms with Gasteiger partial charge in [0.1, 0.15) is 20.2 Å². The van der Waals surface area contributed by atoms with Gasteiger partial charge in [0, 0.05) is 23.2 Å². The van der Waals surface area contributed by atoms with Gasteiger partial charge in [0.15, 0.2) is 0 Å². The van der Waals surface area contributed by atoms with E-state index in [9.17, 15) is 25.9 Å². The van der Waals surface area contributed by atoms with E-state index in [1.807, 2.05) is 0 Å². The maximum Gasteiger partial charge on any atom is 2.00 e. The number of aromatic nitrogens is 2. The van der Waals surface area contributed by atoms with Crippen molar-refractivity contribution in [2.75, 3.05) is 0 Å². The normalized spacial score (nSPS) is 11.4. The number of hydrogen-bond acceptors (Lipinski definition) is 10. The summed E-state index contributed by atoms with van der Waals surface area (Å²) in [6.07, 6.45) is 3.00. The number of benzene rings is 2. The van der Waals surface area contributed by atoms with Crippen molar-refractivity contribution in [2.45, 2.75) is 19.6 Å². The molecule has 13 heteroatoms. The minimum Gasteiger partial charge on any atom is -0.778 e.